The van der Waals surface area contributed by atoms with Crippen molar-refractivity contribution in [3.05, 3.63) is 52.3 Å². The number of fused-ring (bicyclic) bond motifs is 10. The molecule has 4 aromatic rings. The van der Waals surface area contributed by atoms with Crippen molar-refractivity contribution >= 4 is 33.4 Å². The van der Waals surface area contributed by atoms with Crippen LogP contribution in [0, 0.1) is 0 Å². The molecule has 0 saturated carbocycles. The molecule has 9 heteroatoms. The van der Waals surface area contributed by atoms with Crippen molar-refractivity contribution in [2.75, 3.05) is 45.9 Å². The molecule has 220 valence electrons. The molecule has 7 rings (SSSR count). The van der Waals surface area contributed by atoms with Crippen LogP contribution in [0.25, 0.3) is 32.9 Å². The van der Waals surface area contributed by atoms with Gasteiger partial charge in [-0.3, -0.25) is 9.48 Å². The molecule has 2 aromatic heterocycles. The lowest BCUT2D eigenvalue weighted by atomic mass is 9.82. The Morgan fingerprint density at radius 1 is 1.05 bits per heavy atom. The Kier molecular flexibility index (Phi) is 7.02. The first-order valence-electron chi connectivity index (χ1n) is 15.5. The van der Waals surface area contributed by atoms with Gasteiger partial charge in [0.15, 0.2) is 0 Å². The van der Waals surface area contributed by atoms with Crippen molar-refractivity contribution in [3.8, 4) is 11.1 Å². The van der Waals surface area contributed by atoms with E-state index < -0.39 is 0 Å². The molecule has 1 aliphatic carbocycles. The predicted molar refractivity (Wildman–Crippen MR) is 167 cm³/mol. The molecule has 4 heterocycles. The molecule has 0 atom stereocenters. The molecule has 0 unspecified atom stereocenters. The molecule has 1 fully saturated rings. The van der Waals surface area contributed by atoms with Crippen LogP contribution in [0.3, 0.4) is 0 Å². The predicted octanol–water partition coefficient (Wildman–Crippen LogP) is 4.33. The smallest absolute Gasteiger partial charge is 0.252 e. The molecule has 1 amide bonds. The summed E-state index contributed by atoms with van der Waals surface area (Å²) in [6.07, 6.45) is 4.94. The second-order valence-corrected chi connectivity index (χ2v) is 11.9. The highest BCUT2D eigenvalue weighted by Crippen LogP contribution is 2.46. The minimum atomic E-state index is 0.0252. The number of rotatable bonds is 8. The average molecular weight is 568 g/mol. The summed E-state index contributed by atoms with van der Waals surface area (Å²) < 4.78 is 4.44. The van der Waals surface area contributed by atoms with Crippen LogP contribution in [-0.2, 0) is 37.8 Å². The summed E-state index contributed by atoms with van der Waals surface area (Å²) in [6, 6.07) is 6.66. The second kappa shape index (κ2) is 10.9. The van der Waals surface area contributed by atoms with Crippen LogP contribution < -0.4 is 5.32 Å². The van der Waals surface area contributed by atoms with Gasteiger partial charge in [0.2, 0.25) is 0 Å². The molecule has 1 saturated heterocycles. The topological polar surface area (TPSA) is 79.9 Å². The van der Waals surface area contributed by atoms with Crippen molar-refractivity contribution in [1.82, 2.24) is 29.5 Å². The lowest BCUT2D eigenvalue weighted by molar-refractivity contribution is 0.0966. The van der Waals surface area contributed by atoms with Gasteiger partial charge in [-0.2, -0.15) is 5.10 Å². The minimum absolute atomic E-state index is 0.0252. The Labute approximate surface area is 247 Å². The number of nitrogens with one attached hydrogen (secondary N) is 1. The normalized spacial score (nSPS) is 17.5. The van der Waals surface area contributed by atoms with E-state index in [9.17, 15) is 4.79 Å². The van der Waals surface area contributed by atoms with Gasteiger partial charge in [0.25, 0.3) is 5.91 Å². The van der Waals surface area contributed by atoms with Gasteiger partial charge in [0.05, 0.1) is 22.5 Å². The summed E-state index contributed by atoms with van der Waals surface area (Å²) in [5.41, 5.74) is 10.9. The summed E-state index contributed by atoms with van der Waals surface area (Å²) in [7, 11) is 1.97. The van der Waals surface area contributed by atoms with Crippen LogP contribution in [-0.4, -0.2) is 81.6 Å². The third kappa shape index (κ3) is 4.41. The van der Waals surface area contributed by atoms with Crippen molar-refractivity contribution in [3.63, 3.8) is 0 Å². The maximum atomic E-state index is 13.4. The van der Waals surface area contributed by atoms with E-state index in [-0.39, 0.29) is 5.91 Å². The Morgan fingerprint density at radius 2 is 1.86 bits per heavy atom. The number of oxime groups is 1. The van der Waals surface area contributed by atoms with Crippen LogP contribution in [0.1, 0.15) is 59.9 Å². The number of aryl methyl sites for hydroxylation is 4. The highest BCUT2D eigenvalue weighted by atomic mass is 16.6. The number of carbonyl (C=O) groups is 1. The van der Waals surface area contributed by atoms with E-state index in [2.05, 4.69) is 56.2 Å². The fourth-order valence-electron chi connectivity index (χ4n) is 7.37. The number of benzene rings is 2. The van der Waals surface area contributed by atoms with E-state index in [0.717, 1.165) is 104 Å². The Hall–Kier alpha value is -3.69. The number of hydrogen-bond acceptors (Lipinski definition) is 6. The molecular weight excluding hydrogens is 526 g/mol. The molecule has 2 aromatic carbocycles. The molecule has 1 N–H and O–H groups in total. The first kappa shape index (κ1) is 27.2. The zero-order chi connectivity index (χ0) is 29.0. The van der Waals surface area contributed by atoms with Crippen LogP contribution in [0.5, 0.6) is 0 Å². The Bertz CT molecular complexity index is 1720. The van der Waals surface area contributed by atoms with Crippen LogP contribution in [0.2, 0.25) is 0 Å². The number of carbonyl (C=O) groups excluding carboxylic acids is 1. The maximum absolute atomic E-state index is 13.4. The molecule has 3 aliphatic rings. The molecule has 2 aliphatic heterocycles. The summed E-state index contributed by atoms with van der Waals surface area (Å²) in [5, 5.41) is 14.7. The third-order valence-corrected chi connectivity index (χ3v) is 9.46. The standard InChI is InChI=1S/C33H41N7O2/c1-5-38-14-16-39(17-15-38)12-7-13-40-28-11-8-22(21(3)36-42-6-2)18-24(28)30-25-19-34-33(41)31(25)29-23(32(30)40)9-10-27-26(29)20-37(4)35-27/h8,11,18,20H,5-7,9-10,12-17,19H2,1-4H3,(H,34,41)/b36-21+. The molecule has 42 heavy (non-hydrogen) atoms. The minimum Gasteiger partial charge on any atom is -0.396 e. The molecule has 0 bridgehead atoms. The van der Waals surface area contributed by atoms with Crippen LogP contribution in [0.4, 0.5) is 0 Å². The van der Waals surface area contributed by atoms with E-state index in [1.807, 2.05) is 25.6 Å². The van der Waals surface area contributed by atoms with Crippen LogP contribution >= 0.6 is 0 Å². The highest BCUT2D eigenvalue weighted by molar-refractivity contribution is 6.20. The van der Waals surface area contributed by atoms with E-state index in [4.69, 9.17) is 9.94 Å². The summed E-state index contributed by atoms with van der Waals surface area (Å²) in [6.45, 7) is 15.0. The SMILES string of the molecule is CCO/N=C(\C)c1ccc2c(c1)c1c3c(c4c(c1n2CCCN1CCN(CC)CC1)CCc1nn(C)cc1-4)C(=O)NC3. The second-order valence-electron chi connectivity index (χ2n) is 11.9. The number of aromatic nitrogens is 3. The molecule has 0 radical (unpaired) electrons. The summed E-state index contributed by atoms with van der Waals surface area (Å²) in [4.78, 5) is 24.0. The Balaban J connectivity index is 1.40. The van der Waals surface area contributed by atoms with E-state index in [0.29, 0.717) is 13.2 Å². The largest absolute Gasteiger partial charge is 0.396 e. The van der Waals surface area contributed by atoms with Crippen LogP contribution in [0.15, 0.2) is 29.6 Å². The van der Waals surface area contributed by atoms with Crippen molar-refractivity contribution in [2.24, 2.45) is 12.2 Å². The number of hydrogen-bond donors (Lipinski definition) is 1. The fourth-order valence-corrected chi connectivity index (χ4v) is 7.37. The van der Waals surface area contributed by atoms with E-state index >= 15 is 0 Å². The number of piperazine rings is 1. The quantitative estimate of drug-likeness (QED) is 0.253. The average Bonchev–Trinajstić information content (AvgIpc) is 3.68. The number of likely N-dealkylation sites (N-methyl/N-ethyl adjacent to an activating group) is 1. The molecular formula is C33H41N7O2. The van der Waals surface area contributed by atoms with Gasteiger partial charge in [-0.05, 0) is 75.0 Å². The van der Waals surface area contributed by atoms with E-state index in [1.54, 1.807) is 0 Å². The van der Waals surface area contributed by atoms with Gasteiger partial charge in [0, 0.05) is 79.9 Å². The summed E-state index contributed by atoms with van der Waals surface area (Å²) in [5.74, 6) is 0.0252. The van der Waals surface area contributed by atoms with Gasteiger partial charge in [-0.25, -0.2) is 0 Å². The lowest BCUT2D eigenvalue weighted by Gasteiger charge is -2.34. The summed E-state index contributed by atoms with van der Waals surface area (Å²) >= 11 is 0. The van der Waals surface area contributed by atoms with Gasteiger partial charge in [0.1, 0.15) is 6.61 Å². The molecule has 0 spiro atoms. The van der Waals surface area contributed by atoms with Gasteiger partial charge < -0.3 is 24.5 Å². The van der Waals surface area contributed by atoms with Crippen molar-refractivity contribution in [1.29, 1.82) is 0 Å². The van der Waals surface area contributed by atoms with Gasteiger partial charge >= 0.3 is 0 Å². The fraction of sp³-hybridized carbons (Fsp3) is 0.485. The van der Waals surface area contributed by atoms with Gasteiger partial charge in [-0.1, -0.05) is 18.1 Å². The zero-order valence-corrected chi connectivity index (χ0v) is 25.3. The van der Waals surface area contributed by atoms with Crippen molar-refractivity contribution in [2.45, 2.75) is 53.1 Å². The lowest BCUT2D eigenvalue weighted by Crippen LogP contribution is -2.46. The molecule has 9 nitrogen and oxygen atoms in total. The van der Waals surface area contributed by atoms with Gasteiger partial charge in [-0.15, -0.1) is 0 Å². The first-order valence-corrected chi connectivity index (χ1v) is 15.5. The monoisotopic (exact) mass is 567 g/mol. The number of nitrogens with zero attached hydrogens (tertiary/aromatic N) is 6. The van der Waals surface area contributed by atoms with Crippen molar-refractivity contribution < 1.29 is 9.63 Å². The van der Waals surface area contributed by atoms with E-state index in [1.165, 1.54) is 27.4 Å². The third-order valence-electron chi connectivity index (χ3n) is 9.46. The zero-order valence-electron chi connectivity index (χ0n) is 25.3. The Morgan fingerprint density at radius 3 is 2.64 bits per heavy atom. The maximum Gasteiger partial charge on any atom is 0.252 e. The number of amides is 1. The highest BCUT2D eigenvalue weighted by Gasteiger charge is 2.35. The first-order chi connectivity index (χ1) is 20.5.